The summed E-state index contributed by atoms with van der Waals surface area (Å²) in [6.07, 6.45) is 18.2. The van der Waals surface area contributed by atoms with Crippen molar-refractivity contribution in [1.29, 1.82) is 5.41 Å². The molecule has 5 unspecified atom stereocenters. The molecule has 6 atom stereocenters. The molecule has 280 valence electrons. The van der Waals surface area contributed by atoms with E-state index in [9.17, 15) is 19.7 Å². The lowest BCUT2D eigenvalue weighted by atomic mass is 10.1. The van der Waals surface area contributed by atoms with Crippen LogP contribution in [0.3, 0.4) is 0 Å². The molecule has 48 heavy (non-hydrogen) atoms. The molecule has 1 aliphatic heterocycles. The number of nitrogens with zero attached hydrogens (tertiary/aromatic N) is 3. The molecule has 2 heterocycles. The highest BCUT2D eigenvalue weighted by Crippen LogP contribution is 2.44. The van der Waals surface area contributed by atoms with Gasteiger partial charge in [0.15, 0.2) is 12.1 Å². The first kappa shape index (κ1) is 43.1. The lowest BCUT2D eigenvalue weighted by molar-refractivity contribution is -0.0600. The Morgan fingerprint density at radius 1 is 0.938 bits per heavy atom. The van der Waals surface area contributed by atoms with Crippen LogP contribution in [0, 0.1) is 5.41 Å². The van der Waals surface area contributed by atoms with Crippen molar-refractivity contribution >= 4 is 25.4 Å². The zero-order chi connectivity index (χ0) is 35.0. The van der Waals surface area contributed by atoms with Crippen LogP contribution in [-0.2, 0) is 23.1 Å². The molecule has 15 heteroatoms. The molecule has 0 radical (unpaired) electrons. The number of phosphoric ester groups is 1. The van der Waals surface area contributed by atoms with E-state index in [0.717, 1.165) is 29.7 Å². The van der Waals surface area contributed by atoms with Crippen LogP contribution in [0.15, 0.2) is 6.33 Å². The number of ether oxygens (including phenoxy) is 2. The first-order valence-corrected chi connectivity index (χ1v) is 20.9. The van der Waals surface area contributed by atoms with Crippen molar-refractivity contribution < 1.29 is 38.2 Å². The highest BCUT2D eigenvalue weighted by atomic mass is 32.2. The molecular formula is C33H64N5O8PS. The van der Waals surface area contributed by atoms with Gasteiger partial charge in [-0.2, -0.15) is 11.8 Å². The lowest BCUT2D eigenvalue weighted by Gasteiger charge is -2.21. The van der Waals surface area contributed by atoms with Gasteiger partial charge in [0.1, 0.15) is 24.6 Å². The summed E-state index contributed by atoms with van der Waals surface area (Å²) in [5, 5.41) is 32.3. The fourth-order valence-electron chi connectivity index (χ4n) is 5.53. The van der Waals surface area contributed by atoms with E-state index in [2.05, 4.69) is 23.9 Å². The largest absolute Gasteiger partial charge is 0.472 e. The molecule has 2 rings (SSSR count). The van der Waals surface area contributed by atoms with Gasteiger partial charge in [-0.05, 0) is 18.6 Å². The SMILES string of the molecule is CCCCCCCCCCCCSC[C@H](COP(=O)(O)OCC1OC(n2cnc(C(=N)N)n2)C(O)C1O)OCCCCCCCCCC. The number of hydrogen-bond donors (Lipinski definition) is 5. The molecule has 0 aliphatic carbocycles. The van der Waals surface area contributed by atoms with E-state index in [1.54, 1.807) is 11.8 Å². The normalized spacial score (nSPS) is 21.4. The Balaban J connectivity index is 1.74. The number of unbranched alkanes of at least 4 members (excludes halogenated alkanes) is 16. The van der Waals surface area contributed by atoms with Crippen LogP contribution in [0.1, 0.15) is 141 Å². The highest BCUT2D eigenvalue weighted by Gasteiger charge is 2.45. The van der Waals surface area contributed by atoms with Crippen LogP contribution in [-0.4, -0.2) is 91.4 Å². The van der Waals surface area contributed by atoms with E-state index in [1.165, 1.54) is 103 Å². The summed E-state index contributed by atoms with van der Waals surface area (Å²) in [5.74, 6) is 1.22. The Labute approximate surface area is 292 Å². The summed E-state index contributed by atoms with van der Waals surface area (Å²) in [7, 11) is -4.52. The monoisotopic (exact) mass is 721 g/mol. The molecule has 6 N–H and O–H groups in total. The molecule has 1 aromatic rings. The average molecular weight is 722 g/mol. The summed E-state index contributed by atoms with van der Waals surface area (Å²) in [4.78, 5) is 14.3. The Kier molecular flexibility index (Phi) is 23.2. The van der Waals surface area contributed by atoms with Gasteiger partial charge < -0.3 is 30.3 Å². The second-order valence-corrected chi connectivity index (χ2v) is 15.4. The molecule has 1 fully saturated rings. The van der Waals surface area contributed by atoms with Gasteiger partial charge in [0.05, 0.1) is 19.3 Å². The summed E-state index contributed by atoms with van der Waals surface area (Å²) < 4.78 is 36.1. The first-order valence-electron chi connectivity index (χ1n) is 18.3. The fourth-order valence-corrected chi connectivity index (χ4v) is 7.32. The Bertz CT molecular complexity index is 1020. The van der Waals surface area contributed by atoms with Crippen LogP contribution >= 0.6 is 19.6 Å². The van der Waals surface area contributed by atoms with Crippen molar-refractivity contribution in [2.24, 2.45) is 5.73 Å². The number of nitrogens with one attached hydrogen (secondary N) is 1. The zero-order valence-electron chi connectivity index (χ0n) is 29.4. The summed E-state index contributed by atoms with van der Waals surface area (Å²) in [6, 6.07) is 0. The number of aromatic nitrogens is 3. The quantitative estimate of drug-likeness (QED) is 0.0242. The molecule has 1 aliphatic rings. The van der Waals surface area contributed by atoms with E-state index in [0.29, 0.717) is 12.4 Å². The van der Waals surface area contributed by atoms with E-state index in [4.69, 9.17) is 29.7 Å². The maximum atomic E-state index is 12.8. The van der Waals surface area contributed by atoms with Gasteiger partial charge in [-0.25, -0.2) is 14.2 Å². The van der Waals surface area contributed by atoms with E-state index < -0.39 is 39.0 Å². The molecular weight excluding hydrogens is 657 g/mol. The van der Waals surface area contributed by atoms with Gasteiger partial charge >= 0.3 is 7.82 Å². The molecule has 0 saturated carbocycles. The van der Waals surface area contributed by atoms with Crippen molar-refractivity contribution in [1.82, 2.24) is 14.8 Å². The number of aliphatic hydroxyl groups excluding tert-OH is 2. The number of nitrogens with two attached hydrogens (primary N) is 1. The fraction of sp³-hybridized carbons (Fsp3) is 0.909. The van der Waals surface area contributed by atoms with Gasteiger partial charge in [-0.15, -0.1) is 5.10 Å². The Hall–Kier alpha value is -1.09. The second kappa shape index (κ2) is 25.8. The number of hydrogen-bond acceptors (Lipinski definition) is 11. The van der Waals surface area contributed by atoms with Crippen LogP contribution in [0.2, 0.25) is 0 Å². The average Bonchev–Trinajstić information content (AvgIpc) is 3.67. The molecule has 1 saturated heterocycles. The van der Waals surface area contributed by atoms with E-state index in [1.807, 2.05) is 0 Å². The zero-order valence-corrected chi connectivity index (χ0v) is 31.1. The maximum Gasteiger partial charge on any atom is 0.472 e. The van der Waals surface area contributed by atoms with Crippen LogP contribution in [0.4, 0.5) is 0 Å². The summed E-state index contributed by atoms with van der Waals surface area (Å²) in [5.41, 5.74) is 5.39. The van der Waals surface area contributed by atoms with Crippen molar-refractivity contribution in [3.05, 3.63) is 12.2 Å². The molecule has 0 amide bonds. The van der Waals surface area contributed by atoms with Crippen molar-refractivity contribution in [3.63, 3.8) is 0 Å². The third kappa shape index (κ3) is 18.2. The van der Waals surface area contributed by atoms with Gasteiger partial charge in [-0.1, -0.05) is 117 Å². The number of aliphatic hydroxyl groups is 2. The summed E-state index contributed by atoms with van der Waals surface area (Å²) in [6.45, 7) is 4.41. The molecule has 0 spiro atoms. The highest BCUT2D eigenvalue weighted by molar-refractivity contribution is 7.99. The first-order chi connectivity index (χ1) is 23.2. The number of nitrogen functional groups attached to an aromatic ring is 1. The predicted octanol–water partition coefficient (Wildman–Crippen LogP) is 6.49. The lowest BCUT2D eigenvalue weighted by Crippen LogP contribution is -2.34. The van der Waals surface area contributed by atoms with Gasteiger partial charge in [0, 0.05) is 12.4 Å². The van der Waals surface area contributed by atoms with Gasteiger partial charge in [0.2, 0.25) is 5.82 Å². The van der Waals surface area contributed by atoms with Crippen LogP contribution < -0.4 is 5.73 Å². The van der Waals surface area contributed by atoms with E-state index >= 15 is 0 Å². The molecule has 0 aromatic carbocycles. The van der Waals surface area contributed by atoms with Crippen LogP contribution in [0.5, 0.6) is 0 Å². The number of thioether (sulfide) groups is 1. The van der Waals surface area contributed by atoms with Crippen molar-refractivity contribution in [3.8, 4) is 0 Å². The van der Waals surface area contributed by atoms with Gasteiger partial charge in [0.25, 0.3) is 0 Å². The molecule has 0 bridgehead atoms. The minimum atomic E-state index is -4.52. The third-order valence-corrected chi connectivity index (χ3v) is 10.6. The third-order valence-electron chi connectivity index (χ3n) is 8.47. The Morgan fingerprint density at radius 3 is 2.06 bits per heavy atom. The maximum absolute atomic E-state index is 12.8. The van der Waals surface area contributed by atoms with Crippen molar-refractivity contribution in [2.75, 3.05) is 31.3 Å². The Morgan fingerprint density at radius 2 is 1.50 bits per heavy atom. The van der Waals surface area contributed by atoms with Gasteiger partial charge in [-0.3, -0.25) is 14.5 Å². The minimum Gasteiger partial charge on any atom is -0.387 e. The molecule has 1 aromatic heterocycles. The van der Waals surface area contributed by atoms with Crippen molar-refractivity contribution in [2.45, 2.75) is 160 Å². The predicted molar refractivity (Wildman–Crippen MR) is 190 cm³/mol. The second-order valence-electron chi connectivity index (χ2n) is 12.8. The van der Waals surface area contributed by atoms with Crippen LogP contribution in [0.25, 0.3) is 0 Å². The number of amidine groups is 1. The standard InChI is InChI=1S/C33H64N5O8PS/c1-3-5-7-9-11-13-14-16-18-20-22-48-25-27(43-21-19-17-15-12-10-8-6-4-2)23-44-47(41,42)45-24-28-29(39)30(40)33(46-28)38-26-36-32(37-38)31(34)35/h26-30,33,39-40H,3-25H2,1-2H3,(H3,34,35)(H,41,42)/t27-,28?,29?,30?,33?/m0/s1. The topological polar surface area (TPSA) is 195 Å². The number of rotatable bonds is 31. The molecule has 13 nitrogen and oxygen atoms in total. The number of phosphoric acid groups is 1. The summed E-state index contributed by atoms with van der Waals surface area (Å²) >= 11 is 1.77. The van der Waals surface area contributed by atoms with E-state index in [-0.39, 0.29) is 24.4 Å². The minimum absolute atomic E-state index is 0.0610. The smallest absolute Gasteiger partial charge is 0.387 e.